The molecule has 0 bridgehead atoms. The van der Waals surface area contributed by atoms with Crippen molar-refractivity contribution in [3.8, 4) is 0 Å². The molecule has 0 spiro atoms. The summed E-state index contributed by atoms with van der Waals surface area (Å²) >= 11 is 17.2. The second-order valence-electron chi connectivity index (χ2n) is 4.60. The predicted octanol–water partition coefficient (Wildman–Crippen LogP) is 5.43. The van der Waals surface area contributed by atoms with Gasteiger partial charge in [-0.15, -0.1) is 0 Å². The van der Waals surface area contributed by atoms with E-state index >= 15 is 0 Å². The molecule has 21 heavy (non-hydrogen) atoms. The van der Waals surface area contributed by atoms with Crippen LogP contribution in [0, 0.1) is 0 Å². The molecule has 0 saturated carbocycles. The van der Waals surface area contributed by atoms with Crippen LogP contribution in [0.5, 0.6) is 0 Å². The van der Waals surface area contributed by atoms with Crippen molar-refractivity contribution in [2.45, 2.75) is 19.4 Å². The van der Waals surface area contributed by atoms with E-state index in [1.54, 1.807) is 12.1 Å². The second kappa shape index (κ2) is 7.64. The van der Waals surface area contributed by atoms with Gasteiger partial charge in [-0.2, -0.15) is 0 Å². The van der Waals surface area contributed by atoms with Gasteiger partial charge in [0.05, 0.1) is 16.1 Å². The minimum absolute atomic E-state index is 0.175. The van der Waals surface area contributed by atoms with Crippen molar-refractivity contribution in [1.29, 1.82) is 0 Å². The van der Waals surface area contributed by atoms with Crippen molar-refractivity contribution in [2.75, 3.05) is 5.32 Å². The first-order chi connectivity index (χ1) is 10.1. The standard InChI is InChI=1S/C16H16Cl2N2S/c1-2-15(11-6-4-3-5-7-11)20-16(21)19-12-8-9-13(17)14(18)10-12/h3-10,15H,2H2,1H3,(H2,19,20,21). The Labute approximate surface area is 140 Å². The molecule has 0 radical (unpaired) electrons. The molecule has 1 unspecified atom stereocenters. The van der Waals surface area contributed by atoms with E-state index in [2.05, 4.69) is 29.7 Å². The largest absolute Gasteiger partial charge is 0.356 e. The van der Waals surface area contributed by atoms with Gasteiger partial charge in [0.2, 0.25) is 0 Å². The van der Waals surface area contributed by atoms with Gasteiger partial charge in [-0.1, -0.05) is 60.5 Å². The van der Waals surface area contributed by atoms with E-state index in [0.717, 1.165) is 12.1 Å². The Morgan fingerprint density at radius 1 is 1.10 bits per heavy atom. The molecule has 2 aromatic carbocycles. The van der Waals surface area contributed by atoms with E-state index in [-0.39, 0.29) is 6.04 Å². The summed E-state index contributed by atoms with van der Waals surface area (Å²) in [6.45, 7) is 2.12. The summed E-state index contributed by atoms with van der Waals surface area (Å²) in [6.07, 6.45) is 0.938. The lowest BCUT2D eigenvalue weighted by molar-refractivity contribution is 0.629. The summed E-state index contributed by atoms with van der Waals surface area (Å²) in [4.78, 5) is 0. The molecule has 0 heterocycles. The Morgan fingerprint density at radius 2 is 1.81 bits per heavy atom. The monoisotopic (exact) mass is 338 g/mol. The van der Waals surface area contributed by atoms with Crippen LogP contribution in [0.1, 0.15) is 24.9 Å². The van der Waals surface area contributed by atoms with Gasteiger partial charge in [0.25, 0.3) is 0 Å². The molecule has 2 N–H and O–H groups in total. The minimum Gasteiger partial charge on any atom is -0.356 e. The first-order valence-corrected chi connectivity index (χ1v) is 7.84. The Kier molecular flexibility index (Phi) is 5.85. The van der Waals surface area contributed by atoms with Crippen LogP contribution in [0.2, 0.25) is 10.0 Å². The van der Waals surface area contributed by atoms with Crippen molar-refractivity contribution >= 4 is 46.2 Å². The van der Waals surface area contributed by atoms with Gasteiger partial charge in [0, 0.05) is 5.69 Å². The van der Waals surface area contributed by atoms with E-state index < -0.39 is 0 Å². The molecule has 1 atom stereocenters. The highest BCUT2D eigenvalue weighted by Crippen LogP contribution is 2.25. The normalized spacial score (nSPS) is 11.8. The number of anilines is 1. The van der Waals surface area contributed by atoms with Gasteiger partial charge in [-0.05, 0) is 42.4 Å². The Bertz CT molecular complexity index is 617. The highest BCUT2D eigenvalue weighted by molar-refractivity contribution is 7.80. The smallest absolute Gasteiger partial charge is 0.171 e. The van der Waals surface area contributed by atoms with E-state index in [1.807, 2.05) is 24.3 Å². The SMILES string of the molecule is CCC(NC(=S)Nc1ccc(Cl)c(Cl)c1)c1ccccc1. The van der Waals surface area contributed by atoms with Crippen LogP contribution in [-0.2, 0) is 0 Å². The van der Waals surface area contributed by atoms with Crippen molar-refractivity contribution in [1.82, 2.24) is 5.32 Å². The van der Waals surface area contributed by atoms with Crippen molar-refractivity contribution in [2.24, 2.45) is 0 Å². The van der Waals surface area contributed by atoms with Crippen molar-refractivity contribution < 1.29 is 0 Å². The molecular formula is C16H16Cl2N2S. The van der Waals surface area contributed by atoms with Crippen LogP contribution < -0.4 is 10.6 Å². The Balaban J connectivity index is 2.01. The van der Waals surface area contributed by atoms with Gasteiger partial charge >= 0.3 is 0 Å². The van der Waals surface area contributed by atoms with E-state index in [0.29, 0.717) is 15.2 Å². The van der Waals surface area contributed by atoms with Crippen LogP contribution >= 0.6 is 35.4 Å². The highest BCUT2D eigenvalue weighted by atomic mass is 35.5. The predicted molar refractivity (Wildman–Crippen MR) is 95.3 cm³/mol. The molecule has 0 aliphatic rings. The summed E-state index contributed by atoms with van der Waals surface area (Å²) in [6, 6.07) is 15.7. The van der Waals surface area contributed by atoms with Gasteiger partial charge in [0.15, 0.2) is 5.11 Å². The molecule has 110 valence electrons. The van der Waals surface area contributed by atoms with Crippen LogP contribution in [0.15, 0.2) is 48.5 Å². The van der Waals surface area contributed by atoms with Crippen LogP contribution in [0.3, 0.4) is 0 Å². The zero-order valence-corrected chi connectivity index (χ0v) is 13.9. The molecule has 0 saturated heterocycles. The van der Waals surface area contributed by atoms with Crippen molar-refractivity contribution in [3.05, 3.63) is 64.1 Å². The fraction of sp³-hybridized carbons (Fsp3) is 0.188. The number of hydrogen-bond acceptors (Lipinski definition) is 1. The number of nitrogens with one attached hydrogen (secondary N) is 2. The Morgan fingerprint density at radius 3 is 2.43 bits per heavy atom. The molecule has 2 aromatic rings. The third-order valence-corrected chi connectivity index (χ3v) is 4.05. The summed E-state index contributed by atoms with van der Waals surface area (Å²) in [5.41, 5.74) is 2.02. The minimum atomic E-state index is 0.175. The third kappa shape index (κ3) is 4.60. The quantitative estimate of drug-likeness (QED) is 0.726. The van der Waals surface area contributed by atoms with Gasteiger partial charge in [-0.3, -0.25) is 0 Å². The van der Waals surface area contributed by atoms with Gasteiger partial charge in [0.1, 0.15) is 0 Å². The number of hydrogen-bond donors (Lipinski definition) is 2. The van der Waals surface area contributed by atoms with Crippen molar-refractivity contribution in [3.63, 3.8) is 0 Å². The number of rotatable bonds is 4. The molecule has 0 fully saturated rings. The lowest BCUT2D eigenvalue weighted by atomic mass is 10.1. The summed E-state index contributed by atoms with van der Waals surface area (Å²) in [7, 11) is 0. The molecule has 0 aliphatic heterocycles. The lowest BCUT2D eigenvalue weighted by Gasteiger charge is -2.20. The lowest BCUT2D eigenvalue weighted by Crippen LogP contribution is -2.32. The first-order valence-electron chi connectivity index (χ1n) is 6.67. The van der Waals surface area contributed by atoms with Gasteiger partial charge in [-0.25, -0.2) is 0 Å². The van der Waals surface area contributed by atoms with Crippen LogP contribution in [0.25, 0.3) is 0 Å². The van der Waals surface area contributed by atoms with E-state index in [9.17, 15) is 0 Å². The third-order valence-electron chi connectivity index (χ3n) is 3.09. The maximum atomic E-state index is 5.99. The maximum absolute atomic E-state index is 5.99. The molecule has 0 aromatic heterocycles. The molecule has 0 aliphatic carbocycles. The number of halogens is 2. The van der Waals surface area contributed by atoms with E-state index in [4.69, 9.17) is 35.4 Å². The maximum Gasteiger partial charge on any atom is 0.171 e. The average molecular weight is 339 g/mol. The molecule has 0 amide bonds. The Hall–Kier alpha value is -1.29. The number of thiocarbonyl (C=S) groups is 1. The topological polar surface area (TPSA) is 24.1 Å². The second-order valence-corrected chi connectivity index (χ2v) is 5.82. The average Bonchev–Trinajstić information content (AvgIpc) is 2.49. The molecule has 2 nitrogen and oxygen atoms in total. The molecular weight excluding hydrogens is 323 g/mol. The summed E-state index contributed by atoms with van der Waals surface area (Å²) in [5.74, 6) is 0. The number of benzene rings is 2. The molecule has 2 rings (SSSR count). The van der Waals surface area contributed by atoms with E-state index in [1.165, 1.54) is 5.56 Å². The summed E-state index contributed by atoms with van der Waals surface area (Å²) < 4.78 is 0. The zero-order chi connectivity index (χ0) is 15.2. The molecule has 5 heteroatoms. The highest BCUT2D eigenvalue weighted by Gasteiger charge is 2.10. The van der Waals surface area contributed by atoms with Gasteiger partial charge < -0.3 is 10.6 Å². The fourth-order valence-electron chi connectivity index (χ4n) is 2.01. The summed E-state index contributed by atoms with van der Waals surface area (Å²) in [5, 5.41) is 8.02. The zero-order valence-electron chi connectivity index (χ0n) is 11.6. The fourth-order valence-corrected chi connectivity index (χ4v) is 2.56. The van der Waals surface area contributed by atoms with Crippen LogP contribution in [-0.4, -0.2) is 5.11 Å². The first kappa shape index (κ1) is 16.1. The van der Waals surface area contributed by atoms with Crippen LogP contribution in [0.4, 0.5) is 5.69 Å².